The molecule has 5 aliphatic rings. The molecule has 2 aliphatic heterocycles. The Morgan fingerprint density at radius 3 is 1.97 bits per heavy atom. The predicted octanol–water partition coefficient (Wildman–Crippen LogP) is 3.38. The Bertz CT molecular complexity index is 1290. The second-order valence-corrected chi connectivity index (χ2v) is 11.8. The van der Waals surface area contributed by atoms with Gasteiger partial charge in [-0.15, -0.1) is 9.24 Å². The van der Waals surface area contributed by atoms with Crippen LogP contribution in [0.15, 0.2) is 42.5 Å². The van der Waals surface area contributed by atoms with Gasteiger partial charge in [-0.25, -0.2) is 0 Å². The van der Waals surface area contributed by atoms with Gasteiger partial charge in [0.2, 0.25) is 0 Å². The summed E-state index contributed by atoms with van der Waals surface area (Å²) >= 11 is 0. The first-order valence-electron chi connectivity index (χ1n) is 12.6. The van der Waals surface area contributed by atoms with Gasteiger partial charge in [0, 0.05) is 13.1 Å². The van der Waals surface area contributed by atoms with Crippen LogP contribution in [0.2, 0.25) is 0 Å². The number of benzene rings is 2. The molecule has 0 radical (unpaired) electrons. The number of amides is 4. The van der Waals surface area contributed by atoms with Crippen molar-refractivity contribution in [3.8, 4) is 0 Å². The van der Waals surface area contributed by atoms with E-state index in [2.05, 4.69) is 9.24 Å². The SMILES string of the molecule is O=C1c2ccccc2C(=O)N1CC1CC2C3CC(CN4C(=O)c5ccc(P)cc5C4=O)C(C3)C2C1. The fraction of sp³-hybridized carbons (Fsp3) is 0.429. The summed E-state index contributed by atoms with van der Waals surface area (Å²) in [6, 6.07) is 12.5. The number of hydrogen-bond acceptors (Lipinski definition) is 4. The van der Waals surface area contributed by atoms with Crippen molar-refractivity contribution in [1.82, 2.24) is 9.80 Å². The minimum atomic E-state index is -0.164. The van der Waals surface area contributed by atoms with Crippen LogP contribution in [0.4, 0.5) is 0 Å². The third-order valence-corrected chi connectivity index (χ3v) is 9.79. The zero-order chi connectivity index (χ0) is 24.0. The van der Waals surface area contributed by atoms with E-state index in [0.29, 0.717) is 70.9 Å². The van der Waals surface area contributed by atoms with Crippen molar-refractivity contribution in [1.29, 1.82) is 0 Å². The summed E-state index contributed by atoms with van der Waals surface area (Å²) in [7, 11) is 2.59. The molecule has 6 nitrogen and oxygen atoms in total. The Hall–Kier alpha value is -2.85. The Morgan fingerprint density at radius 1 is 0.657 bits per heavy atom. The lowest BCUT2D eigenvalue weighted by atomic mass is 9.75. The fourth-order valence-electron chi connectivity index (χ4n) is 8.06. The first-order chi connectivity index (χ1) is 16.9. The van der Waals surface area contributed by atoms with Crippen molar-refractivity contribution in [3.05, 3.63) is 64.7 Å². The highest BCUT2D eigenvalue weighted by Crippen LogP contribution is 2.62. The molecule has 7 unspecified atom stereocenters. The van der Waals surface area contributed by atoms with Gasteiger partial charge in [0.25, 0.3) is 23.6 Å². The molecule has 7 rings (SSSR count). The maximum Gasteiger partial charge on any atom is 0.261 e. The molecule has 7 atom stereocenters. The summed E-state index contributed by atoms with van der Waals surface area (Å²) < 4.78 is 0. The molecule has 178 valence electrons. The summed E-state index contributed by atoms with van der Waals surface area (Å²) in [5, 5.41) is 0.907. The minimum absolute atomic E-state index is 0.163. The Balaban J connectivity index is 1.04. The van der Waals surface area contributed by atoms with Gasteiger partial charge in [0.1, 0.15) is 0 Å². The smallest absolute Gasteiger partial charge is 0.261 e. The van der Waals surface area contributed by atoms with Gasteiger partial charge in [-0.05, 0) is 90.8 Å². The zero-order valence-corrected chi connectivity index (χ0v) is 20.5. The third-order valence-electron chi connectivity index (χ3n) is 9.43. The average molecular weight is 487 g/mol. The predicted molar refractivity (Wildman–Crippen MR) is 132 cm³/mol. The lowest BCUT2D eigenvalue weighted by Crippen LogP contribution is -2.38. The molecule has 0 saturated heterocycles. The normalized spacial score (nSPS) is 32.6. The molecule has 3 saturated carbocycles. The van der Waals surface area contributed by atoms with Gasteiger partial charge in [0.05, 0.1) is 22.3 Å². The van der Waals surface area contributed by atoms with Crippen LogP contribution in [0.25, 0.3) is 0 Å². The second-order valence-electron chi connectivity index (χ2n) is 11.1. The van der Waals surface area contributed by atoms with E-state index in [1.807, 2.05) is 6.07 Å². The van der Waals surface area contributed by atoms with Crippen LogP contribution in [-0.2, 0) is 0 Å². The number of nitrogens with zero attached hydrogens (tertiary/aromatic N) is 2. The molecule has 3 fully saturated rings. The van der Waals surface area contributed by atoms with Crippen molar-refractivity contribution < 1.29 is 19.2 Å². The summed E-state index contributed by atoms with van der Waals surface area (Å²) in [6.45, 7) is 1.01. The highest BCUT2D eigenvalue weighted by Gasteiger charge is 2.57. The van der Waals surface area contributed by atoms with Gasteiger partial charge in [0.15, 0.2) is 0 Å². The molecular formula is C28H27N2O4P. The number of hydrogen-bond donors (Lipinski definition) is 0. The lowest BCUT2D eigenvalue weighted by Gasteiger charge is -2.33. The highest BCUT2D eigenvalue weighted by molar-refractivity contribution is 7.27. The molecule has 0 N–H and O–H groups in total. The van der Waals surface area contributed by atoms with Gasteiger partial charge in [-0.2, -0.15) is 0 Å². The summed E-state index contributed by atoms with van der Waals surface area (Å²) in [6.07, 6.45) is 4.33. The van der Waals surface area contributed by atoms with Gasteiger partial charge in [-0.1, -0.05) is 18.2 Å². The van der Waals surface area contributed by atoms with Crippen molar-refractivity contribution in [2.75, 3.05) is 13.1 Å². The molecular weight excluding hydrogens is 459 g/mol. The number of fused-ring (bicyclic) bond motifs is 7. The Labute approximate surface area is 206 Å². The monoisotopic (exact) mass is 486 g/mol. The largest absolute Gasteiger partial charge is 0.274 e. The van der Waals surface area contributed by atoms with Crippen LogP contribution in [0, 0.1) is 35.5 Å². The molecule has 2 bridgehead atoms. The molecule has 3 aliphatic carbocycles. The quantitative estimate of drug-likeness (QED) is 0.491. The van der Waals surface area contributed by atoms with Gasteiger partial charge >= 0.3 is 0 Å². The van der Waals surface area contributed by atoms with Crippen molar-refractivity contribution in [3.63, 3.8) is 0 Å². The maximum absolute atomic E-state index is 13.0. The molecule has 2 aromatic carbocycles. The van der Waals surface area contributed by atoms with E-state index in [1.54, 1.807) is 36.4 Å². The standard InChI is InChI=1S/C28H27N2O4P/c31-25-18-3-1-2-4-19(18)26(32)29(25)12-14-7-21-15-9-16(22(10-15)23(21)8-14)13-30-27(33)20-6-5-17(35)11-24(20)28(30)34/h1-6,11,14-16,21-23H,7-10,12-13,35H2. The van der Waals surface area contributed by atoms with E-state index in [4.69, 9.17) is 0 Å². The van der Waals surface area contributed by atoms with Crippen LogP contribution in [-0.4, -0.2) is 46.5 Å². The van der Waals surface area contributed by atoms with Crippen molar-refractivity contribution in [2.45, 2.75) is 25.7 Å². The van der Waals surface area contributed by atoms with Crippen LogP contribution >= 0.6 is 9.24 Å². The minimum Gasteiger partial charge on any atom is -0.274 e. The van der Waals surface area contributed by atoms with E-state index in [9.17, 15) is 19.2 Å². The number of carbonyl (C=O) groups is 4. The van der Waals surface area contributed by atoms with Gasteiger partial charge in [-0.3, -0.25) is 29.0 Å². The van der Waals surface area contributed by atoms with E-state index in [0.717, 1.165) is 24.6 Å². The van der Waals surface area contributed by atoms with E-state index in [1.165, 1.54) is 16.2 Å². The van der Waals surface area contributed by atoms with Crippen molar-refractivity contribution >= 4 is 38.2 Å². The fourth-order valence-corrected chi connectivity index (χ4v) is 8.32. The lowest BCUT2D eigenvalue weighted by molar-refractivity contribution is 0.0581. The molecule has 2 aromatic rings. The summed E-state index contributed by atoms with van der Waals surface area (Å²) in [5.41, 5.74) is 2.07. The van der Waals surface area contributed by atoms with Crippen molar-refractivity contribution in [2.24, 2.45) is 35.5 Å². The molecule has 4 amide bonds. The number of imide groups is 2. The molecule has 0 spiro atoms. The summed E-state index contributed by atoms with van der Waals surface area (Å²) in [5.74, 6) is 2.35. The van der Waals surface area contributed by atoms with E-state index in [-0.39, 0.29) is 23.6 Å². The maximum atomic E-state index is 13.0. The van der Waals surface area contributed by atoms with Crippen LogP contribution in [0.5, 0.6) is 0 Å². The van der Waals surface area contributed by atoms with Gasteiger partial charge < -0.3 is 0 Å². The topological polar surface area (TPSA) is 74.8 Å². The van der Waals surface area contributed by atoms with E-state index < -0.39 is 0 Å². The molecule has 0 aromatic heterocycles. The first kappa shape index (κ1) is 21.4. The first-order valence-corrected chi connectivity index (χ1v) is 13.2. The zero-order valence-electron chi connectivity index (χ0n) is 19.4. The molecule has 2 heterocycles. The average Bonchev–Trinajstić information content (AvgIpc) is 3.63. The Kier molecular flexibility index (Phi) is 4.64. The third kappa shape index (κ3) is 3.05. The second kappa shape index (κ2) is 7.57. The van der Waals surface area contributed by atoms with Crippen LogP contribution in [0.1, 0.15) is 67.1 Å². The molecule has 7 heteroatoms. The van der Waals surface area contributed by atoms with E-state index >= 15 is 0 Å². The summed E-state index contributed by atoms with van der Waals surface area (Å²) in [4.78, 5) is 54.6. The molecule has 35 heavy (non-hydrogen) atoms. The highest BCUT2D eigenvalue weighted by atomic mass is 31.0. The van der Waals surface area contributed by atoms with Crippen LogP contribution in [0.3, 0.4) is 0 Å². The number of carbonyl (C=O) groups excluding carboxylic acids is 4. The Morgan fingerprint density at radius 2 is 1.26 bits per heavy atom. The van der Waals surface area contributed by atoms with Crippen LogP contribution < -0.4 is 5.30 Å². The number of rotatable bonds is 4.